The quantitative estimate of drug-likeness (QED) is 0.327. The zero-order chi connectivity index (χ0) is 14.2. The molecule has 2 unspecified atom stereocenters. The van der Waals surface area contributed by atoms with E-state index in [2.05, 4.69) is 29.5 Å². The fourth-order valence-corrected chi connectivity index (χ4v) is 5.25. The van der Waals surface area contributed by atoms with E-state index in [1.54, 1.807) is 0 Å². The molecule has 0 N–H and O–H groups in total. The van der Waals surface area contributed by atoms with Crippen LogP contribution in [0.4, 0.5) is 0 Å². The summed E-state index contributed by atoms with van der Waals surface area (Å²) in [4.78, 5) is 24.2. The SMILES string of the molecule is COC(=O)C1(C(=O)OC)C[C@H]2CC(CI)C(C)[C@H]2C1. The minimum absolute atomic E-state index is 0.424. The van der Waals surface area contributed by atoms with E-state index in [1.165, 1.54) is 14.2 Å². The van der Waals surface area contributed by atoms with Crippen molar-refractivity contribution in [2.45, 2.75) is 26.2 Å². The number of carbonyl (C=O) groups excluding carboxylic acids is 2. The second kappa shape index (κ2) is 5.58. The second-order valence-electron chi connectivity index (χ2n) is 5.91. The number of hydrogen-bond donors (Lipinski definition) is 0. The first-order valence-corrected chi connectivity index (χ1v) is 8.25. The monoisotopic (exact) mass is 380 g/mol. The number of halogens is 1. The molecular formula is C14H21IO4. The smallest absolute Gasteiger partial charge is 0.323 e. The molecule has 108 valence electrons. The Hall–Kier alpha value is -0.330. The van der Waals surface area contributed by atoms with Gasteiger partial charge in [-0.3, -0.25) is 9.59 Å². The summed E-state index contributed by atoms with van der Waals surface area (Å²) in [7, 11) is 2.69. The van der Waals surface area contributed by atoms with Gasteiger partial charge in [-0.15, -0.1) is 0 Å². The first kappa shape index (κ1) is 15.1. The number of alkyl halides is 1. The first-order chi connectivity index (χ1) is 9.00. The molecule has 2 rings (SSSR count). The van der Waals surface area contributed by atoms with Gasteiger partial charge < -0.3 is 9.47 Å². The van der Waals surface area contributed by atoms with Crippen LogP contribution in [0, 0.1) is 29.1 Å². The largest absolute Gasteiger partial charge is 0.468 e. The van der Waals surface area contributed by atoms with Crippen LogP contribution in [-0.4, -0.2) is 30.6 Å². The molecule has 19 heavy (non-hydrogen) atoms. The molecule has 2 fully saturated rings. The van der Waals surface area contributed by atoms with Crippen molar-refractivity contribution in [1.29, 1.82) is 0 Å². The molecule has 0 heterocycles. The molecule has 2 aliphatic rings. The summed E-state index contributed by atoms with van der Waals surface area (Å²) >= 11 is 2.43. The molecule has 0 aromatic heterocycles. The topological polar surface area (TPSA) is 52.6 Å². The normalized spacial score (nSPS) is 35.8. The van der Waals surface area contributed by atoms with Gasteiger partial charge in [-0.25, -0.2) is 0 Å². The summed E-state index contributed by atoms with van der Waals surface area (Å²) in [5, 5.41) is 0. The standard InChI is InChI=1S/C14H21IO4/c1-8-10(7-15)4-9-5-14(6-11(8)9,12(16)18-2)13(17)19-3/h8-11H,4-7H2,1-3H3/t8?,9-,10?,11-/m1/s1. The zero-order valence-corrected chi connectivity index (χ0v) is 13.8. The van der Waals surface area contributed by atoms with Gasteiger partial charge in [-0.1, -0.05) is 29.5 Å². The van der Waals surface area contributed by atoms with Crippen molar-refractivity contribution in [3.63, 3.8) is 0 Å². The summed E-state index contributed by atoms with van der Waals surface area (Å²) in [5.74, 6) is 1.33. The predicted molar refractivity (Wildman–Crippen MR) is 78.8 cm³/mol. The third-order valence-corrected chi connectivity index (χ3v) is 6.31. The average molecular weight is 380 g/mol. The van der Waals surface area contributed by atoms with Crippen LogP contribution in [0.15, 0.2) is 0 Å². The molecule has 0 aliphatic heterocycles. The number of methoxy groups -OCH3 is 2. The van der Waals surface area contributed by atoms with Crippen LogP contribution in [0.25, 0.3) is 0 Å². The van der Waals surface area contributed by atoms with Crippen LogP contribution < -0.4 is 0 Å². The van der Waals surface area contributed by atoms with E-state index in [1.807, 2.05) is 0 Å². The van der Waals surface area contributed by atoms with Crippen molar-refractivity contribution in [2.24, 2.45) is 29.1 Å². The van der Waals surface area contributed by atoms with Gasteiger partial charge in [-0.2, -0.15) is 0 Å². The Morgan fingerprint density at radius 3 is 2.21 bits per heavy atom. The Labute approximate surface area is 127 Å². The van der Waals surface area contributed by atoms with Crippen LogP contribution in [0.1, 0.15) is 26.2 Å². The average Bonchev–Trinajstić information content (AvgIpc) is 2.94. The molecule has 4 atom stereocenters. The highest BCUT2D eigenvalue weighted by atomic mass is 127. The highest BCUT2D eigenvalue weighted by molar-refractivity contribution is 14.1. The Kier molecular flexibility index (Phi) is 4.42. The molecule has 0 bridgehead atoms. The summed E-state index contributed by atoms with van der Waals surface area (Å²) in [6, 6.07) is 0. The molecule has 4 nitrogen and oxygen atoms in total. The van der Waals surface area contributed by atoms with Gasteiger partial charge in [0.05, 0.1) is 14.2 Å². The molecule has 5 heteroatoms. The van der Waals surface area contributed by atoms with Crippen LogP contribution in [-0.2, 0) is 19.1 Å². The molecule has 2 saturated carbocycles. The van der Waals surface area contributed by atoms with Crippen molar-refractivity contribution >= 4 is 34.5 Å². The Balaban J connectivity index is 2.24. The minimum atomic E-state index is -1.05. The summed E-state index contributed by atoms with van der Waals surface area (Å²) in [6.45, 7) is 2.25. The fourth-order valence-electron chi connectivity index (χ4n) is 4.09. The van der Waals surface area contributed by atoms with Crippen molar-refractivity contribution in [3.8, 4) is 0 Å². The van der Waals surface area contributed by atoms with Crippen LogP contribution in [0.3, 0.4) is 0 Å². The third kappa shape index (κ3) is 2.28. The lowest BCUT2D eigenvalue weighted by atomic mass is 9.80. The van der Waals surface area contributed by atoms with Crippen molar-refractivity contribution in [1.82, 2.24) is 0 Å². The summed E-state index contributed by atoms with van der Waals surface area (Å²) in [5.41, 5.74) is -1.05. The lowest BCUT2D eigenvalue weighted by Gasteiger charge is -2.26. The molecule has 0 saturated heterocycles. The number of carbonyl (C=O) groups is 2. The highest BCUT2D eigenvalue weighted by Gasteiger charge is 2.60. The van der Waals surface area contributed by atoms with E-state index in [0.29, 0.717) is 36.5 Å². The number of hydrogen-bond acceptors (Lipinski definition) is 4. The van der Waals surface area contributed by atoms with Gasteiger partial charge in [0.15, 0.2) is 5.41 Å². The Morgan fingerprint density at radius 1 is 1.21 bits per heavy atom. The molecular weight excluding hydrogens is 359 g/mol. The van der Waals surface area contributed by atoms with E-state index in [9.17, 15) is 9.59 Å². The molecule has 0 aromatic carbocycles. The number of esters is 2. The number of rotatable bonds is 3. The number of ether oxygens (including phenoxy) is 2. The van der Waals surface area contributed by atoms with Gasteiger partial charge in [0.25, 0.3) is 0 Å². The Morgan fingerprint density at radius 2 is 1.79 bits per heavy atom. The fraction of sp³-hybridized carbons (Fsp3) is 0.857. The van der Waals surface area contributed by atoms with Crippen LogP contribution >= 0.6 is 22.6 Å². The van der Waals surface area contributed by atoms with E-state index in [4.69, 9.17) is 9.47 Å². The maximum Gasteiger partial charge on any atom is 0.323 e. The molecule has 0 aromatic rings. The molecule has 0 radical (unpaired) electrons. The summed E-state index contributed by atoms with van der Waals surface area (Å²) < 4.78 is 10.9. The molecule has 0 amide bonds. The second-order valence-corrected chi connectivity index (χ2v) is 6.79. The summed E-state index contributed by atoms with van der Waals surface area (Å²) in [6.07, 6.45) is 2.30. The van der Waals surface area contributed by atoms with Gasteiger partial charge in [-0.05, 0) is 42.9 Å². The van der Waals surface area contributed by atoms with E-state index >= 15 is 0 Å². The zero-order valence-electron chi connectivity index (χ0n) is 11.6. The number of fused-ring (bicyclic) bond motifs is 1. The van der Waals surface area contributed by atoms with Crippen molar-refractivity contribution < 1.29 is 19.1 Å². The van der Waals surface area contributed by atoms with Crippen LogP contribution in [0.2, 0.25) is 0 Å². The molecule has 0 spiro atoms. The van der Waals surface area contributed by atoms with Gasteiger partial charge in [0.2, 0.25) is 0 Å². The van der Waals surface area contributed by atoms with Crippen molar-refractivity contribution in [2.75, 3.05) is 18.6 Å². The highest BCUT2D eigenvalue weighted by Crippen LogP contribution is 2.58. The minimum Gasteiger partial charge on any atom is -0.468 e. The lowest BCUT2D eigenvalue weighted by Crippen LogP contribution is -2.40. The third-order valence-electron chi connectivity index (χ3n) is 5.18. The van der Waals surface area contributed by atoms with Crippen molar-refractivity contribution in [3.05, 3.63) is 0 Å². The predicted octanol–water partition coefficient (Wildman–Crippen LogP) is 2.44. The molecule has 2 aliphatic carbocycles. The Bertz CT molecular complexity index is 366. The van der Waals surface area contributed by atoms with Gasteiger partial charge in [0.1, 0.15) is 0 Å². The van der Waals surface area contributed by atoms with Gasteiger partial charge >= 0.3 is 11.9 Å². The maximum absolute atomic E-state index is 12.1. The lowest BCUT2D eigenvalue weighted by molar-refractivity contribution is -0.169. The van der Waals surface area contributed by atoms with Gasteiger partial charge in [0, 0.05) is 4.43 Å². The van der Waals surface area contributed by atoms with E-state index in [0.717, 1.165) is 10.8 Å². The van der Waals surface area contributed by atoms with E-state index < -0.39 is 17.4 Å². The van der Waals surface area contributed by atoms with E-state index in [-0.39, 0.29) is 0 Å². The van der Waals surface area contributed by atoms with Crippen LogP contribution in [0.5, 0.6) is 0 Å². The maximum atomic E-state index is 12.1. The first-order valence-electron chi connectivity index (χ1n) is 6.73.